The molecule has 2 aromatic carbocycles. The van der Waals surface area contributed by atoms with Crippen LogP contribution in [0.25, 0.3) is 0 Å². The number of ether oxygens (including phenoxy) is 1. The van der Waals surface area contributed by atoms with Crippen molar-refractivity contribution in [2.45, 2.75) is 39.1 Å². The lowest BCUT2D eigenvalue weighted by atomic mass is 9.89. The van der Waals surface area contributed by atoms with Gasteiger partial charge in [-0.15, -0.1) is 0 Å². The van der Waals surface area contributed by atoms with E-state index in [4.69, 9.17) is 16.3 Å². The van der Waals surface area contributed by atoms with Crippen molar-refractivity contribution >= 4 is 17.3 Å². The Morgan fingerprint density at radius 2 is 1.66 bits per heavy atom. The maximum atomic E-state index is 13.9. The lowest BCUT2D eigenvalue weighted by Crippen LogP contribution is -2.42. The molecule has 0 saturated heterocycles. The Morgan fingerprint density at radius 3 is 2.17 bits per heavy atom. The summed E-state index contributed by atoms with van der Waals surface area (Å²) in [4.78, 5) is 0. The van der Waals surface area contributed by atoms with Crippen molar-refractivity contribution < 1.29 is 23.0 Å². The summed E-state index contributed by atoms with van der Waals surface area (Å²) in [5.41, 5.74) is -3.62. The number of rotatable bonds is 5. The Labute approximate surface area is 173 Å². The van der Waals surface area contributed by atoms with Gasteiger partial charge in [0.15, 0.2) is 0 Å². The smallest absolute Gasteiger partial charge is 0.433 e. The highest BCUT2D eigenvalue weighted by molar-refractivity contribution is 6.30. The van der Waals surface area contributed by atoms with E-state index >= 15 is 0 Å². The molecule has 0 heterocycles. The van der Waals surface area contributed by atoms with Crippen molar-refractivity contribution in [2.75, 3.05) is 12.4 Å². The highest BCUT2D eigenvalue weighted by Gasteiger charge is 2.55. The molecule has 0 spiro atoms. The predicted octanol–water partition coefficient (Wildman–Crippen LogP) is 5.76. The summed E-state index contributed by atoms with van der Waals surface area (Å²) in [7, 11) is 1.55. The number of nitrogens with one attached hydrogen (secondary N) is 1. The second kappa shape index (κ2) is 8.56. The number of methoxy groups -OCH3 is 1. The van der Waals surface area contributed by atoms with Crippen molar-refractivity contribution in [3.8, 4) is 17.6 Å². The van der Waals surface area contributed by atoms with E-state index < -0.39 is 22.8 Å². The van der Waals surface area contributed by atoms with Gasteiger partial charge in [0.2, 0.25) is 5.60 Å². The quantitative estimate of drug-likeness (QED) is 0.598. The van der Waals surface area contributed by atoms with Gasteiger partial charge in [-0.2, -0.15) is 13.2 Å². The predicted molar refractivity (Wildman–Crippen MR) is 109 cm³/mol. The molecule has 0 aliphatic heterocycles. The van der Waals surface area contributed by atoms with E-state index in [0.717, 1.165) is 11.6 Å². The van der Waals surface area contributed by atoms with Crippen molar-refractivity contribution in [1.82, 2.24) is 0 Å². The molecular weight excluding hydrogens is 403 g/mol. The molecule has 0 unspecified atom stereocenters. The highest BCUT2D eigenvalue weighted by atomic mass is 35.5. The molecule has 2 rings (SSSR count). The van der Waals surface area contributed by atoms with Crippen LogP contribution in [0.1, 0.15) is 31.9 Å². The summed E-state index contributed by atoms with van der Waals surface area (Å²) in [5, 5.41) is 13.6. The van der Waals surface area contributed by atoms with Gasteiger partial charge in [-0.05, 0) is 56.7 Å². The highest BCUT2D eigenvalue weighted by Crippen LogP contribution is 2.43. The Kier molecular flexibility index (Phi) is 6.77. The minimum Gasteiger partial charge on any atom is -0.497 e. The molecule has 156 valence electrons. The van der Waals surface area contributed by atoms with Gasteiger partial charge in [0, 0.05) is 28.2 Å². The Balaban J connectivity index is 2.46. The summed E-state index contributed by atoms with van der Waals surface area (Å²) >= 11 is 5.95. The minimum absolute atomic E-state index is 0.0650. The van der Waals surface area contributed by atoms with Gasteiger partial charge in [0.25, 0.3) is 0 Å². The molecule has 3 nitrogen and oxygen atoms in total. The Bertz CT molecular complexity index is 909. The van der Waals surface area contributed by atoms with Gasteiger partial charge in [-0.3, -0.25) is 0 Å². The van der Waals surface area contributed by atoms with Crippen molar-refractivity contribution in [1.29, 1.82) is 0 Å². The molecule has 2 aromatic rings. The maximum Gasteiger partial charge on any atom is 0.433 e. The van der Waals surface area contributed by atoms with E-state index in [0.29, 0.717) is 5.75 Å². The fourth-order valence-corrected chi connectivity index (χ4v) is 2.65. The van der Waals surface area contributed by atoms with Crippen LogP contribution in [0, 0.1) is 17.3 Å². The van der Waals surface area contributed by atoms with Crippen LogP contribution in [-0.4, -0.2) is 18.4 Å². The third-order valence-corrected chi connectivity index (χ3v) is 4.28. The first-order chi connectivity index (χ1) is 13.4. The number of aliphatic hydroxyl groups is 1. The summed E-state index contributed by atoms with van der Waals surface area (Å²) in [5.74, 6) is 5.21. The average molecular weight is 426 g/mol. The molecule has 0 amide bonds. The molecule has 1 atom stereocenters. The monoisotopic (exact) mass is 425 g/mol. The molecule has 0 aliphatic rings. The van der Waals surface area contributed by atoms with E-state index in [1.54, 1.807) is 52.1 Å². The third-order valence-electron chi connectivity index (χ3n) is 4.04. The lowest BCUT2D eigenvalue weighted by molar-refractivity contribution is -0.240. The van der Waals surface area contributed by atoms with Crippen LogP contribution in [0.3, 0.4) is 0 Å². The molecule has 0 aromatic heterocycles. The van der Waals surface area contributed by atoms with Crippen LogP contribution in [0.4, 0.5) is 18.9 Å². The molecular formula is C22H23ClF3NO2. The maximum absolute atomic E-state index is 13.9. The molecule has 2 N–H and O–H groups in total. The third kappa shape index (κ3) is 5.81. The van der Waals surface area contributed by atoms with E-state index in [1.165, 1.54) is 12.1 Å². The zero-order valence-electron chi connectivity index (χ0n) is 16.6. The summed E-state index contributed by atoms with van der Waals surface area (Å²) in [6.07, 6.45) is -5.02. The summed E-state index contributed by atoms with van der Waals surface area (Å²) in [6.45, 7) is 5.23. The number of hydrogen-bond acceptors (Lipinski definition) is 3. The zero-order valence-corrected chi connectivity index (χ0v) is 17.4. The Hall–Kier alpha value is -2.36. The summed E-state index contributed by atoms with van der Waals surface area (Å²) < 4.78 is 46.8. The fourth-order valence-electron chi connectivity index (χ4n) is 2.48. The van der Waals surface area contributed by atoms with Crippen LogP contribution < -0.4 is 10.1 Å². The molecule has 29 heavy (non-hydrogen) atoms. The van der Waals surface area contributed by atoms with Crippen LogP contribution in [-0.2, 0) is 12.1 Å². The van der Waals surface area contributed by atoms with Gasteiger partial charge in [0.1, 0.15) is 5.75 Å². The summed E-state index contributed by atoms with van der Waals surface area (Å²) in [6, 6.07) is 11.0. The standard InChI is InChI=1S/C22H23ClF3NO2/c1-20(2,3)11-12-21(28,22(24,25)26)18-13-16(23)7-10-19(18)27-14-15-5-8-17(29-4)9-6-15/h5-10,13,27-28H,14H2,1-4H3/t21-/m0/s1. The van der Waals surface area contributed by atoms with Gasteiger partial charge >= 0.3 is 6.18 Å². The van der Waals surface area contributed by atoms with Crippen LogP contribution in [0.15, 0.2) is 42.5 Å². The second-order valence-corrected chi connectivity index (χ2v) is 8.04. The van der Waals surface area contributed by atoms with Gasteiger partial charge < -0.3 is 15.2 Å². The number of anilines is 1. The largest absolute Gasteiger partial charge is 0.497 e. The van der Waals surface area contributed by atoms with Gasteiger partial charge in [0.05, 0.1) is 7.11 Å². The first-order valence-electron chi connectivity index (χ1n) is 8.86. The number of alkyl halides is 3. The fraction of sp³-hybridized carbons (Fsp3) is 0.364. The molecule has 0 aliphatic carbocycles. The van der Waals surface area contributed by atoms with Crippen molar-refractivity contribution in [2.24, 2.45) is 5.41 Å². The first kappa shape index (κ1) is 22.9. The van der Waals surface area contributed by atoms with Crippen LogP contribution in [0.2, 0.25) is 5.02 Å². The molecule has 0 fully saturated rings. The molecule has 7 heteroatoms. The number of hydrogen-bond donors (Lipinski definition) is 2. The van der Waals surface area contributed by atoms with Crippen LogP contribution >= 0.6 is 11.6 Å². The van der Waals surface area contributed by atoms with E-state index in [1.807, 2.05) is 5.92 Å². The van der Waals surface area contributed by atoms with Gasteiger partial charge in [-0.25, -0.2) is 0 Å². The second-order valence-electron chi connectivity index (χ2n) is 7.60. The van der Waals surface area contributed by atoms with Crippen molar-refractivity contribution in [3.05, 3.63) is 58.6 Å². The number of benzene rings is 2. The van der Waals surface area contributed by atoms with Crippen molar-refractivity contribution in [3.63, 3.8) is 0 Å². The Morgan fingerprint density at radius 1 is 1.03 bits per heavy atom. The van der Waals surface area contributed by atoms with Crippen LogP contribution in [0.5, 0.6) is 5.75 Å². The molecule has 0 radical (unpaired) electrons. The van der Waals surface area contributed by atoms with E-state index in [2.05, 4.69) is 11.2 Å². The molecule has 0 bridgehead atoms. The lowest BCUT2D eigenvalue weighted by Gasteiger charge is -2.29. The number of halogens is 4. The average Bonchev–Trinajstić information content (AvgIpc) is 2.64. The molecule has 0 saturated carbocycles. The zero-order chi connectivity index (χ0) is 21.9. The van der Waals surface area contributed by atoms with E-state index in [9.17, 15) is 18.3 Å². The SMILES string of the molecule is COc1ccc(CNc2ccc(Cl)cc2[C@@](O)(C#CC(C)(C)C)C(F)(F)F)cc1. The topological polar surface area (TPSA) is 41.5 Å². The van der Waals surface area contributed by atoms with E-state index in [-0.39, 0.29) is 17.3 Å². The van der Waals surface area contributed by atoms with Gasteiger partial charge in [-0.1, -0.05) is 35.6 Å². The minimum atomic E-state index is -5.02. The normalized spacial score (nSPS) is 13.8. The first-order valence-corrected chi connectivity index (χ1v) is 9.24.